The lowest BCUT2D eigenvalue weighted by molar-refractivity contribution is 0.0974. The number of nitrogens with zero attached hydrogens (tertiary/aromatic N) is 1. The van der Waals surface area contributed by atoms with E-state index in [1.54, 1.807) is 14.2 Å². The van der Waals surface area contributed by atoms with Gasteiger partial charge < -0.3 is 19.7 Å². The molecule has 0 saturated carbocycles. The fourth-order valence-electron chi connectivity index (χ4n) is 3.30. The summed E-state index contributed by atoms with van der Waals surface area (Å²) in [6, 6.07) is 4.22. The quantitative estimate of drug-likeness (QED) is 0.926. The summed E-state index contributed by atoms with van der Waals surface area (Å²) < 4.78 is 10.7. The molecule has 0 amide bonds. The van der Waals surface area contributed by atoms with Gasteiger partial charge in [-0.2, -0.15) is 0 Å². The number of anilines is 1. The van der Waals surface area contributed by atoms with Gasteiger partial charge in [0.25, 0.3) is 0 Å². The molecular formula is C15H21ClN2O2. The average molecular weight is 297 g/mol. The molecule has 0 aliphatic carbocycles. The van der Waals surface area contributed by atoms with Crippen LogP contribution in [-0.4, -0.2) is 44.8 Å². The Hall–Kier alpha value is -1.13. The maximum absolute atomic E-state index is 6.22. The molecule has 3 aliphatic heterocycles. The van der Waals surface area contributed by atoms with Gasteiger partial charge in [-0.1, -0.05) is 11.6 Å². The molecule has 2 bridgehead atoms. The lowest BCUT2D eigenvalue weighted by atomic mass is 9.84. The Balaban J connectivity index is 1.81. The van der Waals surface area contributed by atoms with Crippen molar-refractivity contribution in [3.05, 3.63) is 17.2 Å². The first kappa shape index (κ1) is 13.8. The summed E-state index contributed by atoms with van der Waals surface area (Å²) in [5.74, 6) is 2.18. The summed E-state index contributed by atoms with van der Waals surface area (Å²) in [4.78, 5) is 2.52. The summed E-state index contributed by atoms with van der Waals surface area (Å²) in [6.07, 6.45) is 2.56. The summed E-state index contributed by atoms with van der Waals surface area (Å²) in [5.41, 5.74) is 0.956. The zero-order valence-electron chi connectivity index (χ0n) is 12.0. The van der Waals surface area contributed by atoms with E-state index in [-0.39, 0.29) is 0 Å². The Labute approximate surface area is 125 Å². The van der Waals surface area contributed by atoms with Crippen LogP contribution in [0.5, 0.6) is 11.5 Å². The van der Waals surface area contributed by atoms with Crippen molar-refractivity contribution in [2.45, 2.75) is 18.9 Å². The Bertz CT molecular complexity index is 487. The highest BCUT2D eigenvalue weighted by molar-refractivity contribution is 6.32. The number of nitrogens with one attached hydrogen (secondary N) is 1. The van der Waals surface area contributed by atoms with E-state index in [0.717, 1.165) is 23.9 Å². The van der Waals surface area contributed by atoms with E-state index in [1.807, 2.05) is 12.1 Å². The van der Waals surface area contributed by atoms with E-state index in [2.05, 4.69) is 10.2 Å². The van der Waals surface area contributed by atoms with E-state index in [1.165, 1.54) is 25.9 Å². The number of halogens is 1. The third kappa shape index (κ3) is 2.54. The fourth-order valence-corrected chi connectivity index (χ4v) is 3.54. The van der Waals surface area contributed by atoms with E-state index in [9.17, 15) is 0 Å². The monoisotopic (exact) mass is 296 g/mol. The van der Waals surface area contributed by atoms with Crippen LogP contribution in [0.4, 0.5) is 5.69 Å². The molecular weight excluding hydrogens is 276 g/mol. The molecule has 110 valence electrons. The molecule has 1 atom stereocenters. The SMILES string of the molecule is COc1cc(OC)c(NC2CN3CCC2CC3)cc1Cl. The summed E-state index contributed by atoms with van der Waals surface area (Å²) in [5, 5.41) is 4.23. The standard InChI is InChI=1S/C15H21ClN2O2/c1-19-14-8-15(20-2)12(7-11(14)16)17-13-9-18-5-3-10(13)4-6-18/h7-8,10,13,17H,3-6,9H2,1-2H3. The lowest BCUT2D eigenvalue weighted by Gasteiger charge is -2.45. The van der Waals surface area contributed by atoms with Gasteiger partial charge in [0.2, 0.25) is 0 Å². The highest BCUT2D eigenvalue weighted by Gasteiger charge is 2.34. The number of rotatable bonds is 4. The number of benzene rings is 1. The number of ether oxygens (including phenoxy) is 2. The third-order valence-electron chi connectivity index (χ3n) is 4.47. The minimum absolute atomic E-state index is 0.482. The van der Waals surface area contributed by atoms with Gasteiger partial charge in [0.15, 0.2) is 0 Å². The number of fused-ring (bicyclic) bond motifs is 3. The second-order valence-electron chi connectivity index (χ2n) is 5.58. The predicted octanol–water partition coefficient (Wildman–Crippen LogP) is 2.86. The molecule has 1 aromatic rings. The number of hydrogen-bond acceptors (Lipinski definition) is 4. The second-order valence-corrected chi connectivity index (χ2v) is 5.98. The van der Waals surface area contributed by atoms with Gasteiger partial charge in [-0.05, 0) is 37.9 Å². The topological polar surface area (TPSA) is 33.7 Å². The molecule has 20 heavy (non-hydrogen) atoms. The highest BCUT2D eigenvalue weighted by Crippen LogP contribution is 2.38. The molecule has 3 saturated heterocycles. The van der Waals surface area contributed by atoms with Gasteiger partial charge in [0.1, 0.15) is 11.5 Å². The molecule has 1 aromatic carbocycles. The van der Waals surface area contributed by atoms with Crippen LogP contribution in [0.15, 0.2) is 12.1 Å². The zero-order chi connectivity index (χ0) is 14.1. The van der Waals surface area contributed by atoms with Crippen LogP contribution in [0.1, 0.15) is 12.8 Å². The second kappa shape index (κ2) is 5.70. The predicted molar refractivity (Wildman–Crippen MR) is 81.1 cm³/mol. The maximum atomic E-state index is 6.22. The normalized spacial score (nSPS) is 28.2. The number of piperidine rings is 3. The Morgan fingerprint density at radius 3 is 2.40 bits per heavy atom. The molecule has 3 fully saturated rings. The van der Waals surface area contributed by atoms with E-state index in [4.69, 9.17) is 21.1 Å². The number of hydrogen-bond donors (Lipinski definition) is 1. The van der Waals surface area contributed by atoms with Gasteiger partial charge in [0, 0.05) is 18.7 Å². The van der Waals surface area contributed by atoms with Gasteiger partial charge in [-0.3, -0.25) is 0 Å². The Kier molecular flexibility index (Phi) is 3.94. The minimum Gasteiger partial charge on any atom is -0.495 e. The maximum Gasteiger partial charge on any atom is 0.145 e. The number of methoxy groups -OCH3 is 2. The van der Waals surface area contributed by atoms with Gasteiger partial charge in [-0.25, -0.2) is 0 Å². The molecule has 4 rings (SSSR count). The molecule has 4 nitrogen and oxygen atoms in total. The van der Waals surface area contributed by atoms with Gasteiger partial charge >= 0.3 is 0 Å². The third-order valence-corrected chi connectivity index (χ3v) is 4.77. The zero-order valence-corrected chi connectivity index (χ0v) is 12.7. The first-order chi connectivity index (χ1) is 9.71. The largest absolute Gasteiger partial charge is 0.495 e. The van der Waals surface area contributed by atoms with Crippen LogP contribution in [0.25, 0.3) is 0 Å². The summed E-state index contributed by atoms with van der Waals surface area (Å²) in [6.45, 7) is 3.59. The van der Waals surface area contributed by atoms with Crippen LogP contribution >= 0.6 is 11.6 Å². The van der Waals surface area contributed by atoms with Crippen molar-refractivity contribution in [2.24, 2.45) is 5.92 Å². The van der Waals surface area contributed by atoms with Crippen molar-refractivity contribution in [1.29, 1.82) is 0 Å². The van der Waals surface area contributed by atoms with E-state index < -0.39 is 0 Å². The lowest BCUT2D eigenvalue weighted by Crippen LogP contribution is -2.53. The molecule has 5 heteroatoms. The average Bonchev–Trinajstić information content (AvgIpc) is 2.49. The fraction of sp³-hybridized carbons (Fsp3) is 0.600. The van der Waals surface area contributed by atoms with Crippen molar-refractivity contribution in [3.63, 3.8) is 0 Å². The first-order valence-electron chi connectivity index (χ1n) is 7.11. The van der Waals surface area contributed by atoms with Gasteiger partial charge in [0.05, 0.1) is 24.9 Å². The van der Waals surface area contributed by atoms with Crippen molar-refractivity contribution < 1.29 is 9.47 Å². The first-order valence-corrected chi connectivity index (χ1v) is 7.49. The van der Waals surface area contributed by atoms with E-state index >= 15 is 0 Å². The van der Waals surface area contributed by atoms with Crippen LogP contribution in [-0.2, 0) is 0 Å². The smallest absolute Gasteiger partial charge is 0.145 e. The van der Waals surface area contributed by atoms with Crippen molar-refractivity contribution in [1.82, 2.24) is 4.90 Å². The van der Waals surface area contributed by atoms with Crippen molar-refractivity contribution >= 4 is 17.3 Å². The highest BCUT2D eigenvalue weighted by atomic mass is 35.5. The summed E-state index contributed by atoms with van der Waals surface area (Å²) >= 11 is 6.22. The molecule has 0 spiro atoms. The molecule has 0 radical (unpaired) electrons. The molecule has 1 N–H and O–H groups in total. The van der Waals surface area contributed by atoms with Crippen molar-refractivity contribution in [2.75, 3.05) is 39.2 Å². The molecule has 1 unspecified atom stereocenters. The van der Waals surface area contributed by atoms with Crippen molar-refractivity contribution in [3.8, 4) is 11.5 Å². The van der Waals surface area contributed by atoms with Gasteiger partial charge in [-0.15, -0.1) is 0 Å². The molecule has 3 aliphatic rings. The van der Waals surface area contributed by atoms with Crippen LogP contribution in [0, 0.1) is 5.92 Å². The summed E-state index contributed by atoms with van der Waals surface area (Å²) in [7, 11) is 3.28. The van der Waals surface area contributed by atoms with Crippen LogP contribution < -0.4 is 14.8 Å². The van der Waals surface area contributed by atoms with Crippen LogP contribution in [0.3, 0.4) is 0 Å². The van der Waals surface area contributed by atoms with E-state index in [0.29, 0.717) is 16.8 Å². The van der Waals surface area contributed by atoms with Crippen LogP contribution in [0.2, 0.25) is 5.02 Å². The Morgan fingerprint density at radius 1 is 1.15 bits per heavy atom. The molecule has 3 heterocycles. The minimum atomic E-state index is 0.482. The Morgan fingerprint density at radius 2 is 1.85 bits per heavy atom. The molecule has 0 aromatic heterocycles.